The predicted octanol–water partition coefficient (Wildman–Crippen LogP) is 4.70. The van der Waals surface area contributed by atoms with Gasteiger partial charge in [-0.2, -0.15) is 4.37 Å². The molecule has 0 unspecified atom stereocenters. The van der Waals surface area contributed by atoms with Crippen LogP contribution < -0.4 is 10.6 Å². The first-order valence-corrected chi connectivity index (χ1v) is 11.8. The smallest absolute Gasteiger partial charge is 0.180 e. The molecule has 0 saturated carbocycles. The van der Waals surface area contributed by atoms with Gasteiger partial charge in [-0.25, -0.2) is 14.4 Å². The molecule has 3 aromatic heterocycles. The molecular formula is C23H30FN7S. The van der Waals surface area contributed by atoms with Crippen LogP contribution in [0.25, 0.3) is 11.2 Å². The SMILES string of the molecule is CC/C=C/C(=C\NC)c1cnc2c(Nc3cc(CN4CCC(F)CC4)ns3)nc(C)cn12. The van der Waals surface area contributed by atoms with E-state index in [0.717, 1.165) is 59.4 Å². The Morgan fingerprint density at radius 1 is 1.34 bits per heavy atom. The minimum atomic E-state index is -0.658. The second kappa shape index (κ2) is 10.2. The summed E-state index contributed by atoms with van der Waals surface area (Å²) < 4.78 is 20.0. The molecule has 1 saturated heterocycles. The second-order valence-electron chi connectivity index (χ2n) is 8.03. The van der Waals surface area contributed by atoms with Crippen LogP contribution in [-0.2, 0) is 6.54 Å². The average Bonchev–Trinajstić information content (AvgIpc) is 3.39. The third kappa shape index (κ3) is 5.16. The maximum atomic E-state index is 13.4. The van der Waals surface area contributed by atoms with E-state index in [0.29, 0.717) is 18.7 Å². The van der Waals surface area contributed by atoms with Crippen molar-refractivity contribution in [3.8, 4) is 0 Å². The number of nitrogens with zero attached hydrogens (tertiary/aromatic N) is 5. The van der Waals surface area contributed by atoms with Gasteiger partial charge < -0.3 is 10.6 Å². The molecule has 1 aliphatic heterocycles. The van der Waals surface area contributed by atoms with Crippen molar-refractivity contribution in [3.63, 3.8) is 0 Å². The van der Waals surface area contributed by atoms with Crippen molar-refractivity contribution in [1.82, 2.24) is 29.0 Å². The standard InChI is InChI=1S/C23H30FN7S/c1-4-5-6-17(12-25-3)20-13-26-23-22(27-16(2)14-31(20)23)28-21-11-19(29-32-21)15-30-9-7-18(24)8-10-30/h5-6,11-14,18,25H,4,7-10,15H2,1-3H3,(H,27,28)/b6-5+,17-12+. The maximum absolute atomic E-state index is 13.4. The molecule has 4 rings (SSSR count). The molecule has 0 radical (unpaired) electrons. The summed E-state index contributed by atoms with van der Waals surface area (Å²) in [6, 6.07) is 2.05. The molecule has 0 atom stereocenters. The topological polar surface area (TPSA) is 70.4 Å². The monoisotopic (exact) mass is 455 g/mol. The van der Waals surface area contributed by atoms with Crippen LogP contribution in [0.1, 0.15) is 43.3 Å². The van der Waals surface area contributed by atoms with Crippen molar-refractivity contribution in [1.29, 1.82) is 0 Å². The van der Waals surface area contributed by atoms with Gasteiger partial charge in [0, 0.05) is 44.7 Å². The minimum Gasteiger partial charge on any atom is -0.393 e. The van der Waals surface area contributed by atoms with Crippen LogP contribution in [-0.4, -0.2) is 50.0 Å². The van der Waals surface area contributed by atoms with E-state index < -0.39 is 6.17 Å². The molecule has 7 nitrogen and oxygen atoms in total. The number of halogens is 1. The van der Waals surface area contributed by atoms with Gasteiger partial charge in [0.1, 0.15) is 11.2 Å². The Morgan fingerprint density at radius 2 is 2.16 bits per heavy atom. The molecule has 2 N–H and O–H groups in total. The first-order valence-electron chi connectivity index (χ1n) is 11.1. The first kappa shape index (κ1) is 22.4. The van der Waals surface area contributed by atoms with E-state index in [9.17, 15) is 4.39 Å². The Balaban J connectivity index is 1.56. The highest BCUT2D eigenvalue weighted by molar-refractivity contribution is 7.10. The van der Waals surface area contributed by atoms with Crippen LogP contribution in [0.4, 0.5) is 15.2 Å². The van der Waals surface area contributed by atoms with Crippen molar-refractivity contribution in [2.45, 2.75) is 45.8 Å². The maximum Gasteiger partial charge on any atom is 0.180 e. The molecule has 4 heterocycles. The van der Waals surface area contributed by atoms with Crippen molar-refractivity contribution >= 4 is 33.6 Å². The number of hydrogen-bond donors (Lipinski definition) is 2. The number of piperidine rings is 1. The molecule has 0 aliphatic carbocycles. The highest BCUT2D eigenvalue weighted by Crippen LogP contribution is 2.27. The van der Waals surface area contributed by atoms with Gasteiger partial charge in [-0.3, -0.25) is 9.30 Å². The number of imidazole rings is 1. The van der Waals surface area contributed by atoms with Gasteiger partial charge in [0.05, 0.1) is 23.3 Å². The number of fused-ring (bicyclic) bond motifs is 1. The van der Waals surface area contributed by atoms with Gasteiger partial charge >= 0.3 is 0 Å². The zero-order valence-corrected chi connectivity index (χ0v) is 19.6. The summed E-state index contributed by atoms with van der Waals surface area (Å²) in [7, 11) is 1.89. The van der Waals surface area contributed by atoms with E-state index in [-0.39, 0.29) is 0 Å². The quantitative estimate of drug-likeness (QED) is 0.480. The Labute approximate surface area is 192 Å². The van der Waals surface area contributed by atoms with Crippen LogP contribution in [0.2, 0.25) is 0 Å². The summed E-state index contributed by atoms with van der Waals surface area (Å²) in [5, 5.41) is 7.45. The molecule has 9 heteroatoms. The highest BCUT2D eigenvalue weighted by atomic mass is 32.1. The number of allylic oxidation sites excluding steroid dienone is 3. The van der Waals surface area contributed by atoms with Crippen LogP contribution in [0.15, 0.2) is 36.8 Å². The fraction of sp³-hybridized carbons (Fsp3) is 0.435. The van der Waals surface area contributed by atoms with Gasteiger partial charge in [0.2, 0.25) is 0 Å². The Kier molecular flexibility index (Phi) is 7.16. The number of anilines is 2. The summed E-state index contributed by atoms with van der Waals surface area (Å²) >= 11 is 1.41. The Morgan fingerprint density at radius 3 is 2.91 bits per heavy atom. The average molecular weight is 456 g/mol. The number of alkyl halides is 1. The van der Waals surface area contributed by atoms with Crippen LogP contribution in [0.3, 0.4) is 0 Å². The fourth-order valence-electron chi connectivity index (χ4n) is 3.86. The predicted molar refractivity (Wildman–Crippen MR) is 129 cm³/mol. The lowest BCUT2D eigenvalue weighted by atomic mass is 10.1. The molecule has 170 valence electrons. The van der Waals surface area contributed by atoms with E-state index >= 15 is 0 Å². The van der Waals surface area contributed by atoms with Gasteiger partial charge in [-0.05, 0) is 43.8 Å². The zero-order chi connectivity index (χ0) is 22.5. The number of nitrogens with one attached hydrogen (secondary N) is 2. The Hall–Kier alpha value is -2.78. The number of rotatable bonds is 8. The lowest BCUT2D eigenvalue weighted by Crippen LogP contribution is -2.33. The van der Waals surface area contributed by atoms with Crippen LogP contribution >= 0.6 is 11.5 Å². The molecule has 3 aromatic rings. The molecular weight excluding hydrogens is 425 g/mol. The molecule has 0 bridgehead atoms. The molecule has 0 aromatic carbocycles. The van der Waals surface area contributed by atoms with Crippen molar-refractivity contribution in [3.05, 3.63) is 53.9 Å². The highest BCUT2D eigenvalue weighted by Gasteiger charge is 2.19. The summed E-state index contributed by atoms with van der Waals surface area (Å²) in [5.74, 6) is 0.702. The van der Waals surface area contributed by atoms with Crippen molar-refractivity contribution < 1.29 is 4.39 Å². The molecule has 32 heavy (non-hydrogen) atoms. The van der Waals surface area contributed by atoms with E-state index in [1.54, 1.807) is 0 Å². The van der Waals surface area contributed by atoms with E-state index in [1.165, 1.54) is 11.5 Å². The van der Waals surface area contributed by atoms with E-state index in [2.05, 4.69) is 53.4 Å². The third-order valence-corrected chi connectivity index (χ3v) is 6.19. The molecule has 0 spiro atoms. The number of hydrogen-bond acceptors (Lipinski definition) is 7. The molecule has 1 fully saturated rings. The third-order valence-electron chi connectivity index (χ3n) is 5.44. The zero-order valence-electron chi connectivity index (χ0n) is 18.8. The fourth-order valence-corrected chi connectivity index (χ4v) is 4.52. The number of aryl methyl sites for hydroxylation is 1. The van der Waals surface area contributed by atoms with Crippen molar-refractivity contribution in [2.24, 2.45) is 0 Å². The van der Waals surface area contributed by atoms with Gasteiger partial charge in [-0.15, -0.1) is 0 Å². The summed E-state index contributed by atoms with van der Waals surface area (Å²) in [6.07, 6.45) is 11.6. The summed E-state index contributed by atoms with van der Waals surface area (Å²) in [5.41, 5.74) is 4.69. The van der Waals surface area contributed by atoms with Gasteiger partial charge in [0.25, 0.3) is 0 Å². The Bertz CT molecular complexity index is 1110. The lowest BCUT2D eigenvalue weighted by molar-refractivity contribution is 0.144. The van der Waals surface area contributed by atoms with Crippen molar-refractivity contribution in [2.75, 3.05) is 25.5 Å². The second-order valence-corrected chi connectivity index (χ2v) is 8.83. The largest absolute Gasteiger partial charge is 0.393 e. The van der Waals surface area contributed by atoms with E-state index in [4.69, 9.17) is 0 Å². The molecule has 1 aliphatic rings. The minimum absolute atomic E-state index is 0.611. The lowest BCUT2D eigenvalue weighted by Gasteiger charge is -2.27. The van der Waals surface area contributed by atoms with Crippen LogP contribution in [0.5, 0.6) is 0 Å². The summed E-state index contributed by atoms with van der Waals surface area (Å²) in [4.78, 5) is 11.6. The summed E-state index contributed by atoms with van der Waals surface area (Å²) in [6.45, 7) is 6.41. The van der Waals surface area contributed by atoms with Gasteiger partial charge in [-0.1, -0.05) is 19.1 Å². The van der Waals surface area contributed by atoms with E-state index in [1.807, 2.05) is 38.6 Å². The van der Waals surface area contributed by atoms with Gasteiger partial charge in [0.15, 0.2) is 11.5 Å². The number of likely N-dealkylation sites (tertiary alicyclic amines) is 1. The van der Waals surface area contributed by atoms with Crippen LogP contribution in [0, 0.1) is 6.92 Å². The molecule has 0 amide bonds. The first-order chi connectivity index (χ1) is 15.6. The normalized spacial score (nSPS) is 16.3. The number of aromatic nitrogens is 4.